The predicted molar refractivity (Wildman–Crippen MR) is 133 cm³/mol. The lowest BCUT2D eigenvalue weighted by molar-refractivity contribution is -0.384. The van der Waals surface area contributed by atoms with Crippen molar-refractivity contribution in [2.24, 2.45) is 0 Å². The molecule has 0 fully saturated rings. The average Bonchev–Trinajstić information content (AvgIpc) is 2.84. The van der Waals surface area contributed by atoms with Crippen molar-refractivity contribution in [3.05, 3.63) is 58.6 Å². The second-order valence-corrected chi connectivity index (χ2v) is 9.99. The van der Waals surface area contributed by atoms with Crippen LogP contribution in [0.4, 0.5) is 11.4 Å². The van der Waals surface area contributed by atoms with Gasteiger partial charge in [-0.3, -0.25) is 14.4 Å². The molecule has 9 nitrogen and oxygen atoms in total. The zero-order valence-electron chi connectivity index (χ0n) is 20.1. The van der Waals surface area contributed by atoms with Crippen LogP contribution in [0.1, 0.15) is 39.5 Å². The minimum Gasteiger partial charge on any atom is -0.495 e. The summed E-state index contributed by atoms with van der Waals surface area (Å²) in [6, 6.07) is 11.6. The van der Waals surface area contributed by atoms with Crippen molar-refractivity contribution in [1.29, 1.82) is 0 Å². The molecule has 34 heavy (non-hydrogen) atoms. The number of hydrogen-bond donors (Lipinski definition) is 1. The lowest BCUT2D eigenvalue weighted by Gasteiger charge is -2.30. The van der Waals surface area contributed by atoms with E-state index in [0.29, 0.717) is 0 Å². The van der Waals surface area contributed by atoms with Gasteiger partial charge in [-0.15, -0.1) is 0 Å². The predicted octanol–water partition coefficient (Wildman–Crippen LogP) is 4.06. The number of anilines is 1. The molecular weight excluding hydrogens is 458 g/mol. The normalized spacial score (nSPS) is 12.5. The zero-order chi connectivity index (χ0) is 25.1. The Kier molecular flexibility index (Phi) is 10.7. The number of non-ortho nitro benzene ring substituents is 1. The largest absolute Gasteiger partial charge is 0.495 e. The third kappa shape index (κ3) is 7.41. The van der Waals surface area contributed by atoms with E-state index in [2.05, 4.69) is 18.7 Å². The van der Waals surface area contributed by atoms with E-state index in [4.69, 9.17) is 4.74 Å². The van der Waals surface area contributed by atoms with Gasteiger partial charge < -0.3 is 14.7 Å². The van der Waals surface area contributed by atoms with Crippen molar-refractivity contribution >= 4 is 21.4 Å². The quantitative estimate of drug-likeness (QED) is 0.294. The summed E-state index contributed by atoms with van der Waals surface area (Å²) in [6.07, 6.45) is 2.95. The van der Waals surface area contributed by atoms with Gasteiger partial charge in [0.05, 0.1) is 29.6 Å². The topological polar surface area (TPSA) is 113 Å². The molecule has 0 spiro atoms. The van der Waals surface area contributed by atoms with Crippen molar-refractivity contribution in [3.8, 4) is 5.75 Å². The molecule has 2 aromatic rings. The summed E-state index contributed by atoms with van der Waals surface area (Å²) in [5.41, 5.74) is -0.265. The number of rotatable bonds is 15. The number of unbranched alkanes of at least 4 members (excludes halogenated alkanes) is 2. The number of nitro groups is 1. The summed E-state index contributed by atoms with van der Waals surface area (Å²) in [7, 11) is -2.77. The van der Waals surface area contributed by atoms with Crippen molar-refractivity contribution in [2.45, 2.75) is 50.5 Å². The maximum absolute atomic E-state index is 13.6. The molecule has 10 heteroatoms. The summed E-state index contributed by atoms with van der Waals surface area (Å²) in [6.45, 7) is 5.81. The second kappa shape index (κ2) is 13.3. The number of aliphatic hydroxyl groups is 1. The van der Waals surface area contributed by atoms with E-state index < -0.39 is 21.1 Å². The van der Waals surface area contributed by atoms with E-state index in [9.17, 15) is 23.6 Å². The number of aliphatic hydroxyl groups excluding tert-OH is 1. The molecule has 0 amide bonds. The molecule has 1 unspecified atom stereocenters. The highest BCUT2D eigenvalue weighted by Gasteiger charge is 2.31. The van der Waals surface area contributed by atoms with E-state index in [-0.39, 0.29) is 35.1 Å². The lowest BCUT2D eigenvalue weighted by Crippen LogP contribution is -2.43. The van der Waals surface area contributed by atoms with Crippen LogP contribution in [-0.4, -0.2) is 62.7 Å². The molecular formula is C24H35N3O6S. The first kappa shape index (κ1) is 27.6. The second-order valence-electron chi connectivity index (χ2n) is 8.12. The number of nitrogens with zero attached hydrogens (tertiary/aromatic N) is 3. The molecule has 0 saturated heterocycles. The van der Waals surface area contributed by atoms with Crippen LogP contribution in [0.2, 0.25) is 0 Å². The molecule has 1 N–H and O–H groups in total. The van der Waals surface area contributed by atoms with Crippen LogP contribution >= 0.6 is 0 Å². The standard InChI is InChI=1S/C24H35N3O6S/c1-4-6-15-25(16-7-5-2)18-21(28)19-26(34(31,32)22-11-9-8-10-12-22)23-17-20(27(29)30)13-14-24(23)33-3/h8-14,17,21,28H,4-7,15-16,18-19H2,1-3H3. The molecule has 0 bridgehead atoms. The number of hydrogen-bond acceptors (Lipinski definition) is 7. The first-order valence-electron chi connectivity index (χ1n) is 11.5. The molecule has 2 aromatic carbocycles. The van der Waals surface area contributed by atoms with Crippen molar-refractivity contribution in [1.82, 2.24) is 4.90 Å². The highest BCUT2D eigenvalue weighted by molar-refractivity contribution is 7.92. The van der Waals surface area contributed by atoms with E-state index >= 15 is 0 Å². The Morgan fingerprint density at radius 1 is 1.03 bits per heavy atom. The lowest BCUT2D eigenvalue weighted by atomic mass is 10.2. The maximum atomic E-state index is 13.6. The number of benzene rings is 2. The van der Waals surface area contributed by atoms with Crippen LogP contribution < -0.4 is 9.04 Å². The monoisotopic (exact) mass is 493 g/mol. The van der Waals surface area contributed by atoms with Crippen LogP contribution in [0.5, 0.6) is 5.75 Å². The molecule has 0 heterocycles. The first-order chi connectivity index (χ1) is 16.2. The fourth-order valence-corrected chi connectivity index (χ4v) is 5.16. The summed E-state index contributed by atoms with van der Waals surface area (Å²) >= 11 is 0. The van der Waals surface area contributed by atoms with Crippen LogP contribution in [0.3, 0.4) is 0 Å². The van der Waals surface area contributed by atoms with Crippen molar-refractivity contribution in [3.63, 3.8) is 0 Å². The number of nitro benzene ring substituents is 1. The highest BCUT2D eigenvalue weighted by atomic mass is 32.2. The molecule has 2 rings (SSSR count). The summed E-state index contributed by atoms with van der Waals surface area (Å²) in [5.74, 6) is 0.158. The van der Waals surface area contributed by atoms with Crippen LogP contribution in [-0.2, 0) is 10.0 Å². The molecule has 0 saturated carbocycles. The Morgan fingerprint density at radius 2 is 1.65 bits per heavy atom. The van der Waals surface area contributed by atoms with E-state index in [0.717, 1.165) is 49.1 Å². The Morgan fingerprint density at radius 3 is 2.18 bits per heavy atom. The number of ether oxygens (including phenoxy) is 1. The Bertz CT molecular complexity index is 1010. The SMILES string of the molecule is CCCCN(CCCC)CC(O)CN(c1cc([N+](=O)[O-])ccc1OC)S(=O)(=O)c1ccccc1. The van der Waals surface area contributed by atoms with Crippen LogP contribution in [0.25, 0.3) is 0 Å². The third-order valence-corrected chi connectivity index (χ3v) is 7.27. The minimum absolute atomic E-state index is 0.00766. The zero-order valence-corrected chi connectivity index (χ0v) is 20.9. The molecule has 0 radical (unpaired) electrons. The van der Waals surface area contributed by atoms with E-state index in [1.165, 1.54) is 31.4 Å². The van der Waals surface area contributed by atoms with Gasteiger partial charge in [-0.2, -0.15) is 0 Å². The van der Waals surface area contributed by atoms with E-state index in [1.54, 1.807) is 18.2 Å². The summed E-state index contributed by atoms with van der Waals surface area (Å²) in [4.78, 5) is 13.0. The number of methoxy groups -OCH3 is 1. The van der Waals surface area contributed by atoms with Crippen molar-refractivity contribution in [2.75, 3.05) is 37.6 Å². The molecule has 0 aliphatic heterocycles. The fraction of sp³-hybridized carbons (Fsp3) is 0.500. The number of sulfonamides is 1. The summed E-state index contributed by atoms with van der Waals surface area (Å²) < 4.78 is 33.6. The smallest absolute Gasteiger partial charge is 0.271 e. The van der Waals surface area contributed by atoms with Gasteiger partial charge in [-0.05, 0) is 44.1 Å². The highest BCUT2D eigenvalue weighted by Crippen LogP contribution is 2.35. The molecule has 0 aliphatic carbocycles. The first-order valence-corrected chi connectivity index (χ1v) is 13.0. The van der Waals surface area contributed by atoms with Crippen LogP contribution in [0, 0.1) is 10.1 Å². The maximum Gasteiger partial charge on any atom is 0.271 e. The molecule has 0 aromatic heterocycles. The van der Waals surface area contributed by atoms with Gasteiger partial charge in [0.25, 0.3) is 15.7 Å². The molecule has 0 aliphatic rings. The van der Waals surface area contributed by atoms with Gasteiger partial charge >= 0.3 is 0 Å². The summed E-state index contributed by atoms with van der Waals surface area (Å²) in [5, 5.41) is 22.4. The van der Waals surface area contributed by atoms with Crippen molar-refractivity contribution < 1.29 is 23.2 Å². The minimum atomic E-state index is -4.14. The van der Waals surface area contributed by atoms with Gasteiger partial charge in [-0.25, -0.2) is 8.42 Å². The van der Waals surface area contributed by atoms with Gasteiger partial charge in [0, 0.05) is 18.7 Å². The van der Waals surface area contributed by atoms with Crippen LogP contribution in [0.15, 0.2) is 53.4 Å². The van der Waals surface area contributed by atoms with Gasteiger partial charge in [-0.1, -0.05) is 44.9 Å². The Balaban J connectivity index is 2.46. The van der Waals surface area contributed by atoms with Gasteiger partial charge in [0.1, 0.15) is 11.4 Å². The van der Waals surface area contributed by atoms with E-state index in [1.807, 2.05) is 0 Å². The van der Waals surface area contributed by atoms with Gasteiger partial charge in [0.2, 0.25) is 0 Å². The molecule has 188 valence electrons. The fourth-order valence-electron chi connectivity index (χ4n) is 3.64. The average molecular weight is 494 g/mol. The molecule has 1 atom stereocenters. The Hall–Kier alpha value is -2.69. The van der Waals surface area contributed by atoms with Gasteiger partial charge in [0.15, 0.2) is 0 Å². The Labute approximate surface area is 202 Å². The third-order valence-electron chi connectivity index (χ3n) is 5.47.